The van der Waals surface area contributed by atoms with Crippen molar-refractivity contribution in [1.82, 2.24) is 0 Å². The number of aliphatic imine (C=N–C) groups is 1. The van der Waals surface area contributed by atoms with Gasteiger partial charge in [-0.25, -0.2) is 4.99 Å². The molecule has 0 aliphatic carbocycles. The highest BCUT2D eigenvalue weighted by Crippen LogP contribution is 2.04. The van der Waals surface area contributed by atoms with E-state index in [2.05, 4.69) is 4.99 Å². The second kappa shape index (κ2) is 5.00. The van der Waals surface area contributed by atoms with Crippen molar-refractivity contribution in [3.63, 3.8) is 0 Å². The van der Waals surface area contributed by atoms with Gasteiger partial charge in [0, 0.05) is 6.21 Å². The third-order valence-electron chi connectivity index (χ3n) is 1.13. The lowest BCUT2D eigenvalue weighted by molar-refractivity contribution is 0.0158. The molecular formula is C8H16N2O2. The largest absolute Gasteiger partial charge is 0.394 e. The number of ether oxygens (including phenoxy) is 1. The minimum Gasteiger partial charge on any atom is -0.394 e. The van der Waals surface area contributed by atoms with Crippen molar-refractivity contribution in [3.05, 3.63) is 0 Å². The molecule has 0 rings (SSSR count). The van der Waals surface area contributed by atoms with Crippen LogP contribution in [0.5, 0.6) is 0 Å². The quantitative estimate of drug-likeness (QED) is 0.487. The fraction of sp³-hybridized carbons (Fsp3) is 0.750. The zero-order valence-electron chi connectivity index (χ0n) is 7.79. The molecule has 4 heteroatoms. The Labute approximate surface area is 72.8 Å². The predicted molar refractivity (Wildman–Crippen MR) is 49.0 cm³/mol. The molecule has 0 radical (unpaired) electrons. The Morgan fingerprint density at radius 1 is 1.67 bits per heavy atom. The first-order valence-electron chi connectivity index (χ1n) is 3.83. The Morgan fingerprint density at radius 2 is 2.25 bits per heavy atom. The normalized spacial score (nSPS) is 12.3. The van der Waals surface area contributed by atoms with E-state index in [1.54, 1.807) is 13.1 Å². The highest BCUT2D eigenvalue weighted by atomic mass is 16.5. The molecule has 0 fully saturated rings. The second-order valence-electron chi connectivity index (χ2n) is 3.02. The van der Waals surface area contributed by atoms with Crippen LogP contribution < -0.4 is 0 Å². The molecule has 0 heterocycles. The smallest absolute Gasteiger partial charge is 0.117 e. The fourth-order valence-corrected chi connectivity index (χ4v) is 0.598. The van der Waals surface area contributed by atoms with Crippen molar-refractivity contribution in [3.8, 4) is 0 Å². The van der Waals surface area contributed by atoms with E-state index in [0.29, 0.717) is 0 Å². The highest BCUT2D eigenvalue weighted by Gasteiger charge is 2.14. The molecule has 0 aromatic carbocycles. The van der Waals surface area contributed by atoms with Crippen molar-refractivity contribution < 1.29 is 9.84 Å². The minimum absolute atomic E-state index is 0.000835. The van der Waals surface area contributed by atoms with Gasteiger partial charge in [-0.3, -0.25) is 5.41 Å². The molecule has 4 nitrogen and oxygen atoms in total. The van der Waals surface area contributed by atoms with Gasteiger partial charge in [-0.05, 0) is 20.8 Å². The Hall–Kier alpha value is -0.740. The van der Waals surface area contributed by atoms with Gasteiger partial charge in [-0.15, -0.1) is 0 Å². The summed E-state index contributed by atoms with van der Waals surface area (Å²) in [5.74, 6) is 0.246. The number of hydrogen-bond acceptors (Lipinski definition) is 3. The zero-order chi connectivity index (χ0) is 9.61. The Kier molecular flexibility index (Phi) is 4.70. The molecule has 0 saturated carbocycles. The number of amidine groups is 1. The van der Waals surface area contributed by atoms with E-state index < -0.39 is 5.60 Å². The van der Waals surface area contributed by atoms with Crippen LogP contribution in [0.2, 0.25) is 0 Å². The number of nitrogens with zero attached hydrogens (tertiary/aromatic N) is 1. The molecule has 0 amide bonds. The van der Waals surface area contributed by atoms with Crippen LogP contribution in [0.4, 0.5) is 0 Å². The van der Waals surface area contributed by atoms with Crippen LogP contribution in [0.1, 0.15) is 20.8 Å². The topological polar surface area (TPSA) is 65.7 Å². The molecule has 70 valence electrons. The highest BCUT2D eigenvalue weighted by molar-refractivity contribution is 5.87. The van der Waals surface area contributed by atoms with E-state index in [1.165, 1.54) is 0 Å². The summed E-state index contributed by atoms with van der Waals surface area (Å²) in [6, 6.07) is 0. The predicted octanol–water partition coefficient (Wildman–Crippen LogP) is 0.842. The zero-order valence-corrected chi connectivity index (χ0v) is 7.79. The summed E-state index contributed by atoms with van der Waals surface area (Å²) in [7, 11) is 0. The van der Waals surface area contributed by atoms with Crippen LogP contribution in [0.3, 0.4) is 0 Å². The van der Waals surface area contributed by atoms with Crippen LogP contribution in [0.25, 0.3) is 0 Å². The molecule has 0 atom stereocenters. The first-order valence-corrected chi connectivity index (χ1v) is 3.83. The van der Waals surface area contributed by atoms with Crippen molar-refractivity contribution in [2.24, 2.45) is 4.99 Å². The standard InChI is InChI=1S/C8H16N2O2/c1-7(9)10-6-8(2,3)12-5-4-11/h6,9,11H,4-5H2,1-3H3/b9-7?,10-6-. The summed E-state index contributed by atoms with van der Waals surface area (Å²) in [4.78, 5) is 3.80. The maximum Gasteiger partial charge on any atom is 0.117 e. The van der Waals surface area contributed by atoms with Gasteiger partial charge in [0.1, 0.15) is 5.84 Å². The summed E-state index contributed by atoms with van der Waals surface area (Å²) in [6.07, 6.45) is 1.56. The Morgan fingerprint density at radius 3 is 2.67 bits per heavy atom. The van der Waals surface area contributed by atoms with Gasteiger partial charge in [-0.1, -0.05) is 0 Å². The molecule has 0 aromatic rings. The summed E-state index contributed by atoms with van der Waals surface area (Å²) in [5, 5.41) is 15.5. The van der Waals surface area contributed by atoms with Gasteiger partial charge >= 0.3 is 0 Å². The molecule has 12 heavy (non-hydrogen) atoms. The van der Waals surface area contributed by atoms with Gasteiger partial charge in [0.15, 0.2) is 0 Å². The third kappa shape index (κ3) is 6.00. The first-order chi connectivity index (χ1) is 5.48. The number of rotatable bonds is 4. The molecule has 2 N–H and O–H groups in total. The lowest BCUT2D eigenvalue weighted by atomic mass is 10.2. The monoisotopic (exact) mass is 172 g/mol. The molecule has 0 unspecified atom stereocenters. The summed E-state index contributed by atoms with van der Waals surface area (Å²) in [5.41, 5.74) is -0.509. The van der Waals surface area contributed by atoms with E-state index in [1.807, 2.05) is 13.8 Å². The van der Waals surface area contributed by atoms with Crippen molar-refractivity contribution >= 4 is 12.1 Å². The van der Waals surface area contributed by atoms with Gasteiger partial charge in [0.05, 0.1) is 18.8 Å². The molecular weight excluding hydrogens is 156 g/mol. The van der Waals surface area contributed by atoms with Crippen LogP contribution in [-0.2, 0) is 4.74 Å². The molecule has 0 saturated heterocycles. The van der Waals surface area contributed by atoms with Gasteiger partial charge in [0.2, 0.25) is 0 Å². The summed E-state index contributed by atoms with van der Waals surface area (Å²) < 4.78 is 5.23. The molecule has 0 bridgehead atoms. The maximum absolute atomic E-state index is 8.50. The van der Waals surface area contributed by atoms with Crippen LogP contribution >= 0.6 is 0 Å². The molecule has 0 aromatic heterocycles. The number of aliphatic hydroxyl groups is 1. The average molecular weight is 172 g/mol. The van der Waals surface area contributed by atoms with Crippen LogP contribution in [-0.4, -0.2) is 36.0 Å². The second-order valence-corrected chi connectivity index (χ2v) is 3.02. The van der Waals surface area contributed by atoms with Crippen molar-refractivity contribution in [1.29, 1.82) is 5.41 Å². The maximum atomic E-state index is 8.50. The lowest BCUT2D eigenvalue weighted by Crippen LogP contribution is -2.28. The molecule has 0 aliphatic rings. The first kappa shape index (κ1) is 11.3. The number of nitrogens with one attached hydrogen (secondary N) is 1. The van der Waals surface area contributed by atoms with Gasteiger partial charge in [-0.2, -0.15) is 0 Å². The fourth-order valence-electron chi connectivity index (χ4n) is 0.598. The van der Waals surface area contributed by atoms with E-state index >= 15 is 0 Å². The number of hydrogen-bond donors (Lipinski definition) is 2. The SMILES string of the molecule is CC(=N)/N=C\C(C)(C)OCCO. The van der Waals surface area contributed by atoms with Crippen LogP contribution in [0.15, 0.2) is 4.99 Å². The molecule has 0 spiro atoms. The number of aliphatic hydroxyl groups excluding tert-OH is 1. The Balaban J connectivity index is 3.93. The average Bonchev–Trinajstić information content (AvgIpc) is 1.98. The Bertz CT molecular complexity index is 176. The van der Waals surface area contributed by atoms with Crippen LogP contribution in [0, 0.1) is 5.41 Å². The van der Waals surface area contributed by atoms with E-state index in [9.17, 15) is 0 Å². The van der Waals surface area contributed by atoms with E-state index in [0.717, 1.165) is 0 Å². The summed E-state index contributed by atoms with van der Waals surface area (Å²) in [6.45, 7) is 5.54. The lowest BCUT2D eigenvalue weighted by Gasteiger charge is -2.19. The van der Waals surface area contributed by atoms with Gasteiger partial charge < -0.3 is 9.84 Å². The van der Waals surface area contributed by atoms with Gasteiger partial charge in [0.25, 0.3) is 0 Å². The van der Waals surface area contributed by atoms with E-state index in [4.69, 9.17) is 15.3 Å². The van der Waals surface area contributed by atoms with Crippen molar-refractivity contribution in [2.45, 2.75) is 26.4 Å². The molecule has 0 aliphatic heterocycles. The van der Waals surface area contributed by atoms with E-state index in [-0.39, 0.29) is 19.0 Å². The summed E-state index contributed by atoms with van der Waals surface area (Å²) >= 11 is 0. The minimum atomic E-state index is -0.509. The van der Waals surface area contributed by atoms with Crippen molar-refractivity contribution in [2.75, 3.05) is 13.2 Å². The third-order valence-corrected chi connectivity index (χ3v) is 1.13.